The molecule has 1 aromatic carbocycles. The Kier molecular flexibility index (Phi) is 3.49. The first-order chi connectivity index (χ1) is 9.75. The second kappa shape index (κ2) is 5.29. The molecule has 0 amide bonds. The van der Waals surface area contributed by atoms with Gasteiger partial charge in [-0.1, -0.05) is 31.4 Å². The molecule has 3 N–H and O–H groups in total. The van der Waals surface area contributed by atoms with Crippen molar-refractivity contribution in [1.82, 2.24) is 9.55 Å². The van der Waals surface area contributed by atoms with Crippen molar-refractivity contribution in [3.8, 4) is 5.69 Å². The van der Waals surface area contributed by atoms with E-state index in [9.17, 15) is 4.79 Å². The second-order valence-corrected chi connectivity index (χ2v) is 5.73. The fourth-order valence-electron chi connectivity index (χ4n) is 3.35. The SMILES string of the molecule is NCC1(c2cccc(-n3cc[nH]c3=O)c2)CCCCC1. The monoisotopic (exact) mass is 271 g/mol. The minimum atomic E-state index is -0.104. The summed E-state index contributed by atoms with van der Waals surface area (Å²) in [5, 5.41) is 0. The number of aromatic nitrogens is 2. The molecule has 1 aliphatic carbocycles. The molecule has 0 bridgehead atoms. The van der Waals surface area contributed by atoms with Crippen LogP contribution in [-0.4, -0.2) is 16.1 Å². The van der Waals surface area contributed by atoms with Gasteiger partial charge in [0.25, 0.3) is 0 Å². The van der Waals surface area contributed by atoms with E-state index in [4.69, 9.17) is 5.73 Å². The standard InChI is InChI=1S/C16H21N3O/c17-12-16(7-2-1-3-8-16)13-5-4-6-14(11-13)19-10-9-18-15(19)20/h4-6,9-11H,1-3,7-8,12,17H2,(H,18,20). The zero-order valence-electron chi connectivity index (χ0n) is 11.6. The molecule has 4 nitrogen and oxygen atoms in total. The van der Waals surface area contributed by atoms with Crippen LogP contribution in [0.4, 0.5) is 0 Å². The molecule has 1 fully saturated rings. The summed E-state index contributed by atoms with van der Waals surface area (Å²) in [4.78, 5) is 14.4. The summed E-state index contributed by atoms with van der Waals surface area (Å²) in [5.74, 6) is 0. The number of H-pyrrole nitrogens is 1. The normalized spacial score (nSPS) is 18.1. The van der Waals surface area contributed by atoms with Gasteiger partial charge in [-0.05, 0) is 30.5 Å². The summed E-state index contributed by atoms with van der Waals surface area (Å²) in [6.45, 7) is 0.679. The summed E-state index contributed by atoms with van der Waals surface area (Å²) in [6.07, 6.45) is 9.51. The number of nitrogens with two attached hydrogens (primary N) is 1. The zero-order chi connectivity index (χ0) is 14.0. The van der Waals surface area contributed by atoms with Gasteiger partial charge in [0.15, 0.2) is 0 Å². The molecule has 1 aliphatic rings. The lowest BCUT2D eigenvalue weighted by Gasteiger charge is -2.37. The van der Waals surface area contributed by atoms with E-state index in [0.29, 0.717) is 6.54 Å². The van der Waals surface area contributed by atoms with Crippen LogP contribution in [0.15, 0.2) is 41.5 Å². The van der Waals surface area contributed by atoms with Crippen molar-refractivity contribution in [2.45, 2.75) is 37.5 Å². The average molecular weight is 271 g/mol. The fourth-order valence-corrected chi connectivity index (χ4v) is 3.35. The highest BCUT2D eigenvalue weighted by molar-refractivity contribution is 5.39. The van der Waals surface area contributed by atoms with Crippen molar-refractivity contribution in [1.29, 1.82) is 0 Å². The van der Waals surface area contributed by atoms with E-state index in [0.717, 1.165) is 18.5 Å². The summed E-state index contributed by atoms with van der Waals surface area (Å²) in [7, 11) is 0. The van der Waals surface area contributed by atoms with Crippen LogP contribution in [-0.2, 0) is 5.41 Å². The van der Waals surface area contributed by atoms with Crippen LogP contribution in [0.5, 0.6) is 0 Å². The van der Waals surface area contributed by atoms with Gasteiger partial charge in [-0.3, -0.25) is 4.57 Å². The molecule has 0 spiro atoms. The van der Waals surface area contributed by atoms with Crippen molar-refractivity contribution < 1.29 is 0 Å². The molecule has 2 aromatic rings. The van der Waals surface area contributed by atoms with Gasteiger partial charge in [-0.25, -0.2) is 4.79 Å². The summed E-state index contributed by atoms with van der Waals surface area (Å²) in [5.41, 5.74) is 8.26. The van der Waals surface area contributed by atoms with E-state index in [2.05, 4.69) is 17.1 Å². The van der Waals surface area contributed by atoms with Gasteiger partial charge < -0.3 is 10.7 Å². The summed E-state index contributed by atoms with van der Waals surface area (Å²) in [6, 6.07) is 8.26. The van der Waals surface area contributed by atoms with Gasteiger partial charge in [0.05, 0.1) is 5.69 Å². The molecule has 4 heteroatoms. The molecule has 1 aromatic heterocycles. The molecule has 20 heavy (non-hydrogen) atoms. The van der Waals surface area contributed by atoms with E-state index >= 15 is 0 Å². The Labute approximate surface area is 118 Å². The molecular formula is C16H21N3O. The summed E-state index contributed by atoms with van der Waals surface area (Å²) >= 11 is 0. The minimum absolute atomic E-state index is 0.0914. The third kappa shape index (κ3) is 2.20. The number of benzene rings is 1. The van der Waals surface area contributed by atoms with Crippen LogP contribution in [0.25, 0.3) is 5.69 Å². The van der Waals surface area contributed by atoms with Gasteiger partial charge in [-0.15, -0.1) is 0 Å². The molecule has 0 saturated heterocycles. The number of imidazole rings is 1. The Morgan fingerprint density at radius 3 is 2.70 bits per heavy atom. The minimum Gasteiger partial charge on any atom is -0.330 e. The van der Waals surface area contributed by atoms with Crippen molar-refractivity contribution in [2.24, 2.45) is 5.73 Å². The lowest BCUT2D eigenvalue weighted by atomic mass is 9.69. The first-order valence-electron chi connectivity index (χ1n) is 7.32. The lowest BCUT2D eigenvalue weighted by Crippen LogP contribution is -2.37. The van der Waals surface area contributed by atoms with Crippen LogP contribution in [0.2, 0.25) is 0 Å². The molecule has 0 aliphatic heterocycles. The number of aromatic amines is 1. The van der Waals surface area contributed by atoms with Gasteiger partial charge in [0, 0.05) is 24.4 Å². The van der Waals surface area contributed by atoms with E-state index < -0.39 is 0 Å². The number of nitrogens with one attached hydrogen (secondary N) is 1. The summed E-state index contributed by atoms with van der Waals surface area (Å²) < 4.78 is 1.64. The number of hydrogen-bond acceptors (Lipinski definition) is 2. The predicted octanol–water partition coefficient (Wildman–Crippen LogP) is 2.33. The Balaban J connectivity index is 2.02. The first-order valence-corrected chi connectivity index (χ1v) is 7.32. The molecular weight excluding hydrogens is 250 g/mol. The molecule has 0 unspecified atom stereocenters. The maximum Gasteiger partial charge on any atom is 0.330 e. The molecule has 0 radical (unpaired) electrons. The van der Waals surface area contributed by atoms with E-state index in [-0.39, 0.29) is 11.1 Å². The van der Waals surface area contributed by atoms with Crippen LogP contribution >= 0.6 is 0 Å². The Morgan fingerprint density at radius 2 is 2.05 bits per heavy atom. The predicted molar refractivity (Wildman–Crippen MR) is 80.2 cm³/mol. The van der Waals surface area contributed by atoms with Crippen molar-refractivity contribution in [2.75, 3.05) is 6.54 Å². The molecule has 1 heterocycles. The Bertz CT molecular complexity index is 635. The largest absolute Gasteiger partial charge is 0.330 e. The van der Waals surface area contributed by atoms with Crippen LogP contribution in [0, 0.1) is 0 Å². The third-order valence-electron chi connectivity index (χ3n) is 4.59. The van der Waals surface area contributed by atoms with E-state index in [1.807, 2.05) is 12.1 Å². The van der Waals surface area contributed by atoms with Crippen molar-refractivity contribution >= 4 is 0 Å². The molecule has 1 saturated carbocycles. The fraction of sp³-hybridized carbons (Fsp3) is 0.438. The molecule has 3 rings (SSSR count). The second-order valence-electron chi connectivity index (χ2n) is 5.73. The van der Waals surface area contributed by atoms with Gasteiger partial charge in [-0.2, -0.15) is 0 Å². The maximum absolute atomic E-state index is 11.7. The van der Waals surface area contributed by atoms with Gasteiger partial charge in [0.1, 0.15) is 0 Å². The zero-order valence-corrected chi connectivity index (χ0v) is 11.6. The van der Waals surface area contributed by atoms with Gasteiger partial charge >= 0.3 is 5.69 Å². The molecule has 106 valence electrons. The average Bonchev–Trinajstić information content (AvgIpc) is 2.94. The third-order valence-corrected chi connectivity index (χ3v) is 4.59. The lowest BCUT2D eigenvalue weighted by molar-refractivity contribution is 0.301. The van der Waals surface area contributed by atoms with Crippen LogP contribution in [0.3, 0.4) is 0 Å². The van der Waals surface area contributed by atoms with Crippen LogP contribution < -0.4 is 11.4 Å². The van der Waals surface area contributed by atoms with E-state index in [1.165, 1.54) is 24.8 Å². The first kappa shape index (κ1) is 13.2. The van der Waals surface area contributed by atoms with Crippen molar-refractivity contribution in [3.05, 3.63) is 52.7 Å². The van der Waals surface area contributed by atoms with Gasteiger partial charge in [0.2, 0.25) is 0 Å². The number of rotatable bonds is 3. The number of hydrogen-bond donors (Lipinski definition) is 2. The maximum atomic E-state index is 11.7. The highest BCUT2D eigenvalue weighted by Gasteiger charge is 2.32. The quantitative estimate of drug-likeness (QED) is 0.900. The van der Waals surface area contributed by atoms with E-state index in [1.54, 1.807) is 17.0 Å². The van der Waals surface area contributed by atoms with Crippen LogP contribution in [0.1, 0.15) is 37.7 Å². The molecule has 0 atom stereocenters. The Morgan fingerprint density at radius 1 is 1.25 bits per heavy atom. The number of nitrogens with zero attached hydrogens (tertiary/aromatic N) is 1. The Hall–Kier alpha value is -1.81. The topological polar surface area (TPSA) is 63.8 Å². The highest BCUT2D eigenvalue weighted by Crippen LogP contribution is 2.39. The smallest absolute Gasteiger partial charge is 0.330 e. The van der Waals surface area contributed by atoms with Crippen molar-refractivity contribution in [3.63, 3.8) is 0 Å². The highest BCUT2D eigenvalue weighted by atomic mass is 16.1.